The molecule has 0 radical (unpaired) electrons. The number of carbonyl (C=O) groups is 1. The van der Waals surface area contributed by atoms with Crippen molar-refractivity contribution in [3.63, 3.8) is 0 Å². The molecule has 0 bridgehead atoms. The molecule has 6 nitrogen and oxygen atoms in total. The van der Waals surface area contributed by atoms with E-state index >= 15 is 0 Å². The van der Waals surface area contributed by atoms with Gasteiger partial charge in [0.2, 0.25) is 10.0 Å². The summed E-state index contributed by atoms with van der Waals surface area (Å²) >= 11 is 3.31. The minimum atomic E-state index is -3.56. The van der Waals surface area contributed by atoms with Gasteiger partial charge in [0, 0.05) is 17.1 Å². The summed E-state index contributed by atoms with van der Waals surface area (Å²) in [5.41, 5.74) is 1.06. The highest BCUT2D eigenvalue weighted by atomic mass is 79.9. The Balaban J connectivity index is 2.00. The number of hydrogen-bond donors (Lipinski definition) is 2. The van der Waals surface area contributed by atoms with Crippen LogP contribution in [-0.2, 0) is 20.6 Å². The number of amides is 1. The second-order valence-electron chi connectivity index (χ2n) is 5.26. The fraction of sp³-hybridized carbons (Fsp3) is 0.235. The third-order valence-corrected chi connectivity index (χ3v) is 4.91. The molecule has 0 aliphatic rings. The van der Waals surface area contributed by atoms with Crippen molar-refractivity contribution in [1.29, 1.82) is 0 Å². The van der Waals surface area contributed by atoms with Crippen molar-refractivity contribution in [2.24, 2.45) is 0 Å². The molecule has 8 heteroatoms. The highest BCUT2D eigenvalue weighted by Crippen LogP contribution is 2.20. The molecular formula is C17H19BrN2O4S. The number of halogens is 1. The van der Waals surface area contributed by atoms with Gasteiger partial charge in [-0.05, 0) is 36.8 Å². The largest absolute Gasteiger partial charge is 0.484 e. The summed E-state index contributed by atoms with van der Waals surface area (Å²) in [6, 6.07) is 13.6. The fourth-order valence-corrected chi connectivity index (χ4v) is 3.52. The summed E-state index contributed by atoms with van der Waals surface area (Å²) in [4.78, 5) is 11.4. The number of likely N-dealkylation sites (N-methyl/N-ethyl adjacent to an activating group) is 1. The van der Waals surface area contributed by atoms with Gasteiger partial charge in [-0.25, -0.2) is 8.42 Å². The summed E-state index contributed by atoms with van der Waals surface area (Å²) in [6.07, 6.45) is 0. The second-order valence-corrected chi connectivity index (χ2v) is 7.90. The van der Waals surface area contributed by atoms with Crippen molar-refractivity contribution < 1.29 is 17.9 Å². The molecule has 2 aromatic rings. The number of anilines is 1. The van der Waals surface area contributed by atoms with Crippen molar-refractivity contribution in [3.8, 4) is 5.75 Å². The maximum atomic E-state index is 12.3. The number of carbonyl (C=O) groups excluding carboxylic acids is 1. The number of benzene rings is 2. The van der Waals surface area contributed by atoms with Gasteiger partial charge in [0.1, 0.15) is 5.75 Å². The van der Waals surface area contributed by atoms with Crippen molar-refractivity contribution in [2.75, 3.05) is 17.9 Å². The van der Waals surface area contributed by atoms with E-state index in [0.717, 1.165) is 4.47 Å². The van der Waals surface area contributed by atoms with Crippen molar-refractivity contribution >= 4 is 37.5 Å². The molecule has 134 valence electrons. The first-order chi connectivity index (χ1) is 11.9. The van der Waals surface area contributed by atoms with Gasteiger partial charge in [-0.15, -0.1) is 0 Å². The van der Waals surface area contributed by atoms with Gasteiger partial charge >= 0.3 is 0 Å². The zero-order valence-corrected chi connectivity index (χ0v) is 16.1. The van der Waals surface area contributed by atoms with Gasteiger partial charge in [-0.1, -0.05) is 34.1 Å². The number of nitrogens with one attached hydrogen (secondary N) is 2. The van der Waals surface area contributed by atoms with E-state index in [9.17, 15) is 13.2 Å². The predicted molar refractivity (Wildman–Crippen MR) is 101 cm³/mol. The summed E-state index contributed by atoms with van der Waals surface area (Å²) in [5, 5.41) is 2.62. The molecule has 0 heterocycles. The average Bonchev–Trinajstić information content (AvgIpc) is 2.55. The molecule has 0 atom stereocenters. The van der Waals surface area contributed by atoms with Crippen LogP contribution >= 0.6 is 15.9 Å². The lowest BCUT2D eigenvalue weighted by Crippen LogP contribution is -2.28. The lowest BCUT2D eigenvalue weighted by atomic mass is 10.2. The van der Waals surface area contributed by atoms with Crippen LogP contribution in [0.1, 0.15) is 12.5 Å². The maximum absolute atomic E-state index is 12.3. The van der Waals surface area contributed by atoms with Crippen LogP contribution in [0.25, 0.3) is 0 Å². The first-order valence-corrected chi connectivity index (χ1v) is 10.1. The normalized spacial score (nSPS) is 11.0. The van der Waals surface area contributed by atoms with E-state index in [0.29, 0.717) is 23.5 Å². The fourth-order valence-electron chi connectivity index (χ4n) is 2.06. The van der Waals surface area contributed by atoms with E-state index < -0.39 is 10.0 Å². The minimum Gasteiger partial charge on any atom is -0.484 e. The molecule has 2 aromatic carbocycles. The monoisotopic (exact) mass is 426 g/mol. The van der Waals surface area contributed by atoms with Crippen LogP contribution in [0, 0.1) is 0 Å². The van der Waals surface area contributed by atoms with Gasteiger partial charge in [-0.3, -0.25) is 9.52 Å². The number of ether oxygens (including phenoxy) is 1. The smallest absolute Gasteiger partial charge is 0.257 e. The first kappa shape index (κ1) is 19.3. The van der Waals surface area contributed by atoms with Crippen LogP contribution in [0.5, 0.6) is 5.75 Å². The Kier molecular flexibility index (Phi) is 6.83. The topological polar surface area (TPSA) is 84.5 Å². The van der Waals surface area contributed by atoms with Gasteiger partial charge in [0.05, 0.1) is 11.4 Å². The Morgan fingerprint density at radius 2 is 1.88 bits per heavy atom. The summed E-state index contributed by atoms with van der Waals surface area (Å²) in [6.45, 7) is 2.22. The molecule has 0 saturated carbocycles. The zero-order valence-electron chi connectivity index (χ0n) is 13.7. The minimum absolute atomic E-state index is 0.122. The van der Waals surface area contributed by atoms with E-state index in [1.165, 1.54) is 0 Å². The maximum Gasteiger partial charge on any atom is 0.257 e. The number of sulfonamides is 1. The predicted octanol–water partition coefficient (Wildman–Crippen LogP) is 2.91. The molecule has 0 aliphatic carbocycles. The van der Waals surface area contributed by atoms with Crippen molar-refractivity contribution in [1.82, 2.24) is 5.32 Å². The molecule has 0 aliphatic heterocycles. The van der Waals surface area contributed by atoms with Crippen LogP contribution in [0.3, 0.4) is 0 Å². The standard InChI is InChI=1S/C17H19BrN2O4S/c1-2-19-17(21)11-24-16-5-3-4-15(10-16)20-25(22,23)12-13-6-8-14(18)9-7-13/h3-10,20H,2,11-12H2,1H3,(H,19,21). The SMILES string of the molecule is CCNC(=O)COc1cccc(NS(=O)(=O)Cc2ccc(Br)cc2)c1. The highest BCUT2D eigenvalue weighted by Gasteiger charge is 2.12. The lowest BCUT2D eigenvalue weighted by molar-refractivity contribution is -0.122. The van der Waals surface area contributed by atoms with E-state index in [1.54, 1.807) is 48.5 Å². The van der Waals surface area contributed by atoms with E-state index in [1.807, 2.05) is 6.92 Å². The Hall–Kier alpha value is -2.06. The average molecular weight is 427 g/mol. The molecule has 0 unspecified atom stereocenters. The van der Waals surface area contributed by atoms with Gasteiger partial charge in [-0.2, -0.15) is 0 Å². The molecular weight excluding hydrogens is 408 g/mol. The van der Waals surface area contributed by atoms with Gasteiger partial charge in [0.15, 0.2) is 6.61 Å². The Bertz CT molecular complexity index is 823. The quantitative estimate of drug-likeness (QED) is 0.679. The highest BCUT2D eigenvalue weighted by molar-refractivity contribution is 9.10. The summed E-state index contributed by atoms with van der Waals surface area (Å²) in [7, 11) is -3.56. The molecule has 1 amide bonds. The molecule has 2 rings (SSSR count). The van der Waals surface area contributed by atoms with Crippen LogP contribution < -0.4 is 14.8 Å². The van der Waals surface area contributed by atoms with Crippen LogP contribution in [0.2, 0.25) is 0 Å². The summed E-state index contributed by atoms with van der Waals surface area (Å²) in [5.74, 6) is 0.0448. The van der Waals surface area contributed by atoms with E-state index in [4.69, 9.17) is 4.74 Å². The van der Waals surface area contributed by atoms with Crippen molar-refractivity contribution in [3.05, 3.63) is 58.6 Å². The van der Waals surface area contributed by atoms with Crippen molar-refractivity contribution in [2.45, 2.75) is 12.7 Å². The third-order valence-electron chi connectivity index (χ3n) is 3.12. The third kappa shape index (κ3) is 6.75. The van der Waals surface area contributed by atoms with Crippen LogP contribution in [-0.4, -0.2) is 27.5 Å². The van der Waals surface area contributed by atoms with E-state index in [2.05, 4.69) is 26.0 Å². The van der Waals surface area contributed by atoms with Gasteiger partial charge < -0.3 is 10.1 Å². The molecule has 2 N–H and O–H groups in total. The van der Waals surface area contributed by atoms with Crippen LogP contribution in [0.4, 0.5) is 5.69 Å². The molecule has 0 saturated heterocycles. The van der Waals surface area contributed by atoms with E-state index in [-0.39, 0.29) is 18.3 Å². The molecule has 0 spiro atoms. The molecule has 0 aromatic heterocycles. The Morgan fingerprint density at radius 1 is 1.16 bits per heavy atom. The molecule has 25 heavy (non-hydrogen) atoms. The second kappa shape index (κ2) is 8.87. The van der Waals surface area contributed by atoms with Crippen LogP contribution in [0.15, 0.2) is 53.0 Å². The lowest BCUT2D eigenvalue weighted by Gasteiger charge is -2.11. The Morgan fingerprint density at radius 3 is 2.56 bits per heavy atom. The first-order valence-electron chi connectivity index (χ1n) is 7.62. The Labute approximate surface area is 155 Å². The molecule has 0 fully saturated rings. The zero-order chi connectivity index (χ0) is 18.3. The van der Waals surface area contributed by atoms with Gasteiger partial charge in [0.25, 0.3) is 5.91 Å². The number of hydrogen-bond acceptors (Lipinski definition) is 4. The number of rotatable bonds is 8. The summed E-state index contributed by atoms with van der Waals surface area (Å²) < 4.78 is 33.3.